The number of nitriles is 1. The van der Waals surface area contributed by atoms with E-state index in [1.54, 1.807) is 0 Å². The fourth-order valence-electron chi connectivity index (χ4n) is 2.21. The quantitative estimate of drug-likeness (QED) is 0.565. The topological polar surface area (TPSA) is 23.8 Å². The van der Waals surface area contributed by atoms with Crippen molar-refractivity contribution in [2.24, 2.45) is 11.3 Å². The molecule has 0 aromatic rings. The lowest BCUT2D eigenvalue weighted by molar-refractivity contribution is 0.175. The van der Waals surface area contributed by atoms with E-state index in [9.17, 15) is 0 Å². The maximum atomic E-state index is 9.00. The number of nitrogens with zero attached hydrogens (tertiary/aromatic N) is 1. The molecule has 1 heteroatoms. The van der Waals surface area contributed by atoms with Gasteiger partial charge in [0.15, 0.2) is 0 Å². The van der Waals surface area contributed by atoms with E-state index in [0.717, 1.165) is 6.42 Å². The van der Waals surface area contributed by atoms with Crippen LogP contribution < -0.4 is 0 Å². The molecule has 2 atom stereocenters. The van der Waals surface area contributed by atoms with Gasteiger partial charge in [-0.2, -0.15) is 5.26 Å². The highest BCUT2D eigenvalue weighted by Crippen LogP contribution is 2.41. The largest absolute Gasteiger partial charge is 0.198 e. The van der Waals surface area contributed by atoms with E-state index in [2.05, 4.69) is 19.9 Å². The fraction of sp³-hybridized carbons (Fsp3) is 0.900. The van der Waals surface area contributed by atoms with Crippen LogP contribution in [0, 0.1) is 22.7 Å². The SMILES string of the molecule is CCC1CCCCC1(C)C#N. The molecule has 0 bridgehead atoms. The van der Waals surface area contributed by atoms with Crippen LogP contribution in [0.5, 0.6) is 0 Å². The normalized spacial score (nSPS) is 38.1. The van der Waals surface area contributed by atoms with E-state index in [1.165, 1.54) is 25.7 Å². The van der Waals surface area contributed by atoms with Crippen LogP contribution in [0.3, 0.4) is 0 Å². The van der Waals surface area contributed by atoms with Gasteiger partial charge in [0.25, 0.3) is 0 Å². The Morgan fingerprint density at radius 2 is 2.27 bits per heavy atom. The van der Waals surface area contributed by atoms with Crippen molar-refractivity contribution >= 4 is 0 Å². The summed E-state index contributed by atoms with van der Waals surface area (Å²) < 4.78 is 0. The lowest BCUT2D eigenvalue weighted by Gasteiger charge is -2.35. The third kappa shape index (κ3) is 1.56. The van der Waals surface area contributed by atoms with Gasteiger partial charge >= 0.3 is 0 Å². The Kier molecular flexibility index (Phi) is 2.54. The number of hydrogen-bond acceptors (Lipinski definition) is 1. The lowest BCUT2D eigenvalue weighted by Crippen LogP contribution is -2.28. The van der Waals surface area contributed by atoms with Crippen molar-refractivity contribution in [3.8, 4) is 6.07 Å². The zero-order valence-corrected chi connectivity index (χ0v) is 7.56. The van der Waals surface area contributed by atoms with Crippen molar-refractivity contribution < 1.29 is 0 Å². The van der Waals surface area contributed by atoms with Crippen molar-refractivity contribution in [2.45, 2.75) is 46.0 Å². The minimum absolute atomic E-state index is 0.00694. The molecule has 11 heavy (non-hydrogen) atoms. The zero-order valence-electron chi connectivity index (χ0n) is 7.56. The Morgan fingerprint density at radius 1 is 1.55 bits per heavy atom. The summed E-state index contributed by atoms with van der Waals surface area (Å²) >= 11 is 0. The lowest BCUT2D eigenvalue weighted by atomic mass is 9.67. The summed E-state index contributed by atoms with van der Waals surface area (Å²) in [6, 6.07) is 2.48. The second kappa shape index (κ2) is 3.26. The zero-order chi connectivity index (χ0) is 8.32. The highest BCUT2D eigenvalue weighted by Gasteiger charge is 2.35. The molecule has 0 amide bonds. The molecule has 0 spiro atoms. The van der Waals surface area contributed by atoms with Crippen LogP contribution in [0.15, 0.2) is 0 Å². The Labute approximate surface area is 69.4 Å². The highest BCUT2D eigenvalue weighted by atomic mass is 14.4. The van der Waals surface area contributed by atoms with Crippen LogP contribution in [0.4, 0.5) is 0 Å². The first kappa shape index (κ1) is 8.59. The van der Waals surface area contributed by atoms with Gasteiger partial charge in [-0.3, -0.25) is 0 Å². The summed E-state index contributed by atoms with van der Waals surface area (Å²) in [7, 11) is 0. The minimum Gasteiger partial charge on any atom is -0.198 e. The van der Waals surface area contributed by atoms with E-state index >= 15 is 0 Å². The maximum absolute atomic E-state index is 9.00. The van der Waals surface area contributed by atoms with Gasteiger partial charge in [-0.25, -0.2) is 0 Å². The second-order valence-electron chi connectivity index (χ2n) is 3.88. The minimum atomic E-state index is -0.00694. The summed E-state index contributed by atoms with van der Waals surface area (Å²) in [6.07, 6.45) is 6.13. The molecule has 0 aliphatic heterocycles. The standard InChI is InChI=1S/C10H17N/c1-3-9-6-4-5-7-10(9,2)8-11/h9H,3-7H2,1-2H3. The summed E-state index contributed by atoms with van der Waals surface area (Å²) in [4.78, 5) is 0. The first-order valence-corrected chi connectivity index (χ1v) is 4.64. The fourth-order valence-corrected chi connectivity index (χ4v) is 2.21. The molecule has 2 unspecified atom stereocenters. The van der Waals surface area contributed by atoms with E-state index in [4.69, 9.17) is 5.26 Å². The van der Waals surface area contributed by atoms with Gasteiger partial charge < -0.3 is 0 Å². The molecule has 0 N–H and O–H groups in total. The van der Waals surface area contributed by atoms with Crippen LogP contribution in [0.25, 0.3) is 0 Å². The molecular formula is C10H17N. The molecular weight excluding hydrogens is 134 g/mol. The molecule has 1 saturated carbocycles. The van der Waals surface area contributed by atoms with Crippen LogP contribution in [-0.4, -0.2) is 0 Å². The van der Waals surface area contributed by atoms with E-state index in [-0.39, 0.29) is 5.41 Å². The van der Waals surface area contributed by atoms with Crippen molar-refractivity contribution in [3.63, 3.8) is 0 Å². The van der Waals surface area contributed by atoms with E-state index < -0.39 is 0 Å². The van der Waals surface area contributed by atoms with Crippen molar-refractivity contribution in [1.29, 1.82) is 5.26 Å². The third-order valence-electron chi connectivity index (χ3n) is 3.15. The Balaban J connectivity index is 2.67. The summed E-state index contributed by atoms with van der Waals surface area (Å²) in [6.45, 7) is 4.33. The van der Waals surface area contributed by atoms with Crippen molar-refractivity contribution in [2.75, 3.05) is 0 Å². The molecule has 1 fully saturated rings. The Hall–Kier alpha value is -0.510. The Morgan fingerprint density at radius 3 is 2.73 bits per heavy atom. The molecule has 62 valence electrons. The average Bonchev–Trinajstić information content (AvgIpc) is 2.05. The maximum Gasteiger partial charge on any atom is 0.0689 e. The average molecular weight is 151 g/mol. The van der Waals surface area contributed by atoms with E-state index in [0.29, 0.717) is 5.92 Å². The summed E-state index contributed by atoms with van der Waals surface area (Å²) in [5, 5.41) is 9.00. The molecule has 0 aromatic carbocycles. The molecule has 1 nitrogen and oxygen atoms in total. The molecule has 0 aromatic heterocycles. The van der Waals surface area contributed by atoms with Gasteiger partial charge in [0.2, 0.25) is 0 Å². The van der Waals surface area contributed by atoms with Crippen LogP contribution >= 0.6 is 0 Å². The number of rotatable bonds is 1. The molecule has 1 rings (SSSR count). The molecule has 0 radical (unpaired) electrons. The molecule has 1 aliphatic rings. The van der Waals surface area contributed by atoms with Crippen molar-refractivity contribution in [3.05, 3.63) is 0 Å². The predicted molar refractivity (Wildman–Crippen MR) is 46.0 cm³/mol. The predicted octanol–water partition coefficient (Wildman–Crippen LogP) is 3.12. The molecule has 0 heterocycles. The van der Waals surface area contributed by atoms with Gasteiger partial charge in [0.05, 0.1) is 11.5 Å². The first-order valence-electron chi connectivity index (χ1n) is 4.64. The summed E-state index contributed by atoms with van der Waals surface area (Å²) in [5.74, 6) is 0.654. The van der Waals surface area contributed by atoms with Gasteiger partial charge in [-0.1, -0.05) is 26.2 Å². The van der Waals surface area contributed by atoms with Gasteiger partial charge in [0.1, 0.15) is 0 Å². The van der Waals surface area contributed by atoms with Crippen LogP contribution in [0.1, 0.15) is 46.0 Å². The molecule has 1 aliphatic carbocycles. The van der Waals surface area contributed by atoms with Gasteiger partial charge in [-0.15, -0.1) is 0 Å². The molecule has 0 saturated heterocycles. The number of hydrogen-bond donors (Lipinski definition) is 0. The van der Waals surface area contributed by atoms with Crippen LogP contribution in [-0.2, 0) is 0 Å². The van der Waals surface area contributed by atoms with E-state index in [1.807, 2.05) is 0 Å². The Bertz CT molecular complexity index is 168. The monoisotopic (exact) mass is 151 g/mol. The highest BCUT2D eigenvalue weighted by molar-refractivity contribution is 5.01. The summed E-state index contributed by atoms with van der Waals surface area (Å²) in [5.41, 5.74) is -0.00694. The van der Waals surface area contributed by atoms with Gasteiger partial charge in [0, 0.05) is 0 Å². The smallest absolute Gasteiger partial charge is 0.0689 e. The third-order valence-corrected chi connectivity index (χ3v) is 3.15. The van der Waals surface area contributed by atoms with Gasteiger partial charge in [-0.05, 0) is 25.7 Å². The second-order valence-corrected chi connectivity index (χ2v) is 3.88. The van der Waals surface area contributed by atoms with Crippen molar-refractivity contribution in [1.82, 2.24) is 0 Å². The first-order chi connectivity index (χ1) is 5.23. The van der Waals surface area contributed by atoms with Crippen LogP contribution in [0.2, 0.25) is 0 Å².